The van der Waals surface area contributed by atoms with E-state index in [1.807, 2.05) is 73.7 Å². The lowest BCUT2D eigenvalue weighted by molar-refractivity contribution is 1.11. The second-order valence-corrected chi connectivity index (χ2v) is 4.58. The van der Waals surface area contributed by atoms with E-state index < -0.39 is 0 Å². The van der Waals surface area contributed by atoms with Gasteiger partial charge in [0.25, 0.3) is 0 Å². The van der Waals surface area contributed by atoms with Gasteiger partial charge in [0.2, 0.25) is 0 Å². The number of benzene rings is 2. The Labute approximate surface area is 118 Å². The molecule has 20 heavy (non-hydrogen) atoms. The molecule has 3 heteroatoms. The highest BCUT2D eigenvalue weighted by Crippen LogP contribution is 2.20. The molecule has 0 aliphatic heterocycles. The van der Waals surface area contributed by atoms with Gasteiger partial charge in [-0.1, -0.05) is 48.5 Å². The van der Waals surface area contributed by atoms with E-state index in [1.165, 1.54) is 0 Å². The number of nitrogens with zero attached hydrogens (tertiary/aromatic N) is 2. The van der Waals surface area contributed by atoms with Crippen molar-refractivity contribution in [3.8, 4) is 11.4 Å². The largest absolute Gasteiger partial charge is 0.340 e. The Kier molecular flexibility index (Phi) is 3.42. The van der Waals surface area contributed by atoms with Gasteiger partial charge in [0.05, 0.1) is 0 Å². The fraction of sp³-hybridized carbons (Fsp3) is 0.0588. The highest BCUT2D eigenvalue weighted by Gasteiger charge is 2.04. The highest BCUT2D eigenvalue weighted by molar-refractivity contribution is 5.61. The van der Waals surface area contributed by atoms with Crippen molar-refractivity contribution >= 4 is 11.5 Å². The molecule has 0 radical (unpaired) electrons. The zero-order chi connectivity index (χ0) is 13.8. The van der Waals surface area contributed by atoms with E-state index in [1.54, 1.807) is 0 Å². The van der Waals surface area contributed by atoms with Crippen LogP contribution in [0.2, 0.25) is 0 Å². The van der Waals surface area contributed by atoms with Gasteiger partial charge in [-0.15, -0.1) is 0 Å². The number of hydrogen-bond acceptors (Lipinski definition) is 3. The molecular formula is C17H15N3. The molecule has 1 heterocycles. The molecule has 0 aliphatic carbocycles. The number of hydrogen-bond donors (Lipinski definition) is 1. The second kappa shape index (κ2) is 5.53. The van der Waals surface area contributed by atoms with Crippen LogP contribution in [0.4, 0.5) is 11.5 Å². The third-order valence-electron chi connectivity index (χ3n) is 2.93. The van der Waals surface area contributed by atoms with E-state index in [0.29, 0.717) is 0 Å². The molecule has 3 rings (SSSR count). The van der Waals surface area contributed by atoms with E-state index in [-0.39, 0.29) is 0 Å². The van der Waals surface area contributed by atoms with Crippen LogP contribution < -0.4 is 5.32 Å². The van der Waals surface area contributed by atoms with Crippen LogP contribution in [0, 0.1) is 6.92 Å². The van der Waals surface area contributed by atoms with Crippen molar-refractivity contribution in [2.24, 2.45) is 0 Å². The van der Waals surface area contributed by atoms with Gasteiger partial charge in [0.15, 0.2) is 5.82 Å². The third kappa shape index (κ3) is 2.83. The molecule has 0 atom stereocenters. The zero-order valence-corrected chi connectivity index (χ0v) is 11.2. The van der Waals surface area contributed by atoms with E-state index in [4.69, 9.17) is 0 Å². The lowest BCUT2D eigenvalue weighted by Crippen LogP contribution is -1.98. The summed E-state index contributed by atoms with van der Waals surface area (Å²) in [6.07, 6.45) is 0. The van der Waals surface area contributed by atoms with Gasteiger partial charge in [-0.3, -0.25) is 0 Å². The number of para-hydroxylation sites is 1. The fourth-order valence-electron chi connectivity index (χ4n) is 2.02. The smallest absolute Gasteiger partial charge is 0.161 e. The number of nitrogens with one attached hydrogen (secondary N) is 1. The normalized spacial score (nSPS) is 10.2. The first-order valence-corrected chi connectivity index (χ1v) is 6.54. The summed E-state index contributed by atoms with van der Waals surface area (Å²) in [5.41, 5.74) is 2.98. The number of rotatable bonds is 3. The molecule has 0 fully saturated rings. The second-order valence-electron chi connectivity index (χ2n) is 4.58. The van der Waals surface area contributed by atoms with Crippen LogP contribution in [-0.4, -0.2) is 9.97 Å². The van der Waals surface area contributed by atoms with Gasteiger partial charge in [0, 0.05) is 23.0 Å². The maximum Gasteiger partial charge on any atom is 0.161 e. The molecule has 0 unspecified atom stereocenters. The monoisotopic (exact) mass is 261 g/mol. The number of aryl methyl sites for hydroxylation is 1. The maximum atomic E-state index is 4.58. The van der Waals surface area contributed by atoms with Crippen molar-refractivity contribution in [1.29, 1.82) is 0 Å². The summed E-state index contributed by atoms with van der Waals surface area (Å²) in [4.78, 5) is 9.07. The molecule has 1 aromatic heterocycles. The molecule has 0 saturated carbocycles. The molecule has 3 aromatic rings. The fourth-order valence-corrected chi connectivity index (χ4v) is 2.02. The highest BCUT2D eigenvalue weighted by atomic mass is 15.0. The van der Waals surface area contributed by atoms with Gasteiger partial charge in [0.1, 0.15) is 5.82 Å². The summed E-state index contributed by atoms with van der Waals surface area (Å²) >= 11 is 0. The average molecular weight is 261 g/mol. The Hall–Kier alpha value is -2.68. The van der Waals surface area contributed by atoms with E-state index >= 15 is 0 Å². The Morgan fingerprint density at radius 1 is 0.800 bits per heavy atom. The lowest BCUT2D eigenvalue weighted by Gasteiger charge is -2.08. The van der Waals surface area contributed by atoms with Crippen molar-refractivity contribution in [3.05, 3.63) is 72.4 Å². The molecule has 0 amide bonds. The first-order valence-electron chi connectivity index (χ1n) is 6.54. The van der Waals surface area contributed by atoms with Gasteiger partial charge in [-0.2, -0.15) is 0 Å². The van der Waals surface area contributed by atoms with Crippen LogP contribution in [0.15, 0.2) is 66.7 Å². The quantitative estimate of drug-likeness (QED) is 0.768. The van der Waals surface area contributed by atoms with Crippen LogP contribution in [0.25, 0.3) is 11.4 Å². The van der Waals surface area contributed by atoms with Gasteiger partial charge in [-0.05, 0) is 19.1 Å². The topological polar surface area (TPSA) is 37.8 Å². The summed E-state index contributed by atoms with van der Waals surface area (Å²) in [6.45, 7) is 1.98. The summed E-state index contributed by atoms with van der Waals surface area (Å²) < 4.78 is 0. The van der Waals surface area contributed by atoms with Gasteiger partial charge >= 0.3 is 0 Å². The van der Waals surface area contributed by atoms with Gasteiger partial charge in [-0.25, -0.2) is 9.97 Å². The van der Waals surface area contributed by atoms with Crippen molar-refractivity contribution in [1.82, 2.24) is 9.97 Å². The number of anilines is 2. The summed E-state index contributed by atoms with van der Waals surface area (Å²) in [7, 11) is 0. The first kappa shape index (κ1) is 12.4. The van der Waals surface area contributed by atoms with Gasteiger partial charge < -0.3 is 5.32 Å². The average Bonchev–Trinajstić information content (AvgIpc) is 2.49. The Balaban J connectivity index is 1.95. The van der Waals surface area contributed by atoms with Crippen molar-refractivity contribution in [2.45, 2.75) is 6.92 Å². The lowest BCUT2D eigenvalue weighted by atomic mass is 10.2. The molecule has 0 saturated heterocycles. The molecule has 2 aromatic carbocycles. The van der Waals surface area contributed by atoms with Crippen molar-refractivity contribution < 1.29 is 0 Å². The molecular weight excluding hydrogens is 246 g/mol. The zero-order valence-electron chi connectivity index (χ0n) is 11.2. The van der Waals surface area contributed by atoms with E-state index in [9.17, 15) is 0 Å². The van der Waals surface area contributed by atoms with E-state index in [2.05, 4.69) is 15.3 Å². The molecule has 98 valence electrons. The van der Waals surface area contributed by atoms with Crippen LogP contribution in [0.5, 0.6) is 0 Å². The van der Waals surface area contributed by atoms with Crippen LogP contribution in [0.1, 0.15) is 5.69 Å². The molecule has 1 N–H and O–H groups in total. The Bertz CT molecular complexity index is 694. The van der Waals surface area contributed by atoms with Crippen LogP contribution >= 0.6 is 0 Å². The number of aromatic nitrogens is 2. The summed E-state index contributed by atoms with van der Waals surface area (Å²) in [6, 6.07) is 22.0. The summed E-state index contributed by atoms with van der Waals surface area (Å²) in [5, 5.41) is 3.30. The van der Waals surface area contributed by atoms with Crippen LogP contribution in [0.3, 0.4) is 0 Å². The minimum absolute atomic E-state index is 0.740. The minimum atomic E-state index is 0.740. The summed E-state index contributed by atoms with van der Waals surface area (Å²) in [5.74, 6) is 1.55. The third-order valence-corrected chi connectivity index (χ3v) is 2.93. The molecule has 3 nitrogen and oxygen atoms in total. The predicted molar refractivity (Wildman–Crippen MR) is 81.9 cm³/mol. The molecule has 0 spiro atoms. The standard InChI is InChI=1S/C17H15N3/c1-13-12-16(19-15-10-6-3-7-11-15)20-17(18-13)14-8-4-2-5-9-14/h2-12H,1H3,(H,18,19,20). The maximum absolute atomic E-state index is 4.58. The Morgan fingerprint density at radius 2 is 1.45 bits per heavy atom. The minimum Gasteiger partial charge on any atom is -0.340 e. The first-order chi connectivity index (χ1) is 9.81. The van der Waals surface area contributed by atoms with Crippen LogP contribution in [-0.2, 0) is 0 Å². The predicted octanol–water partition coefficient (Wildman–Crippen LogP) is 4.20. The van der Waals surface area contributed by atoms with Crippen molar-refractivity contribution in [3.63, 3.8) is 0 Å². The van der Waals surface area contributed by atoms with Crippen molar-refractivity contribution in [2.75, 3.05) is 5.32 Å². The molecule has 0 bridgehead atoms. The Morgan fingerprint density at radius 3 is 2.15 bits per heavy atom. The molecule has 0 aliphatic rings. The van der Waals surface area contributed by atoms with E-state index in [0.717, 1.165) is 28.6 Å². The SMILES string of the molecule is Cc1cc(Nc2ccccc2)nc(-c2ccccc2)n1.